The molecule has 0 atom stereocenters. The first-order valence-electron chi connectivity index (χ1n) is 4.58. The molecule has 4 heteroatoms. The van der Waals surface area contributed by atoms with E-state index in [2.05, 4.69) is 0 Å². The molecule has 0 spiro atoms. The van der Waals surface area contributed by atoms with E-state index in [1.807, 2.05) is 13.8 Å². The van der Waals surface area contributed by atoms with Crippen molar-refractivity contribution in [1.29, 1.82) is 0 Å². The summed E-state index contributed by atoms with van der Waals surface area (Å²) in [6.07, 6.45) is 0. The molecule has 82 valence electrons. The number of ketones is 1. The fourth-order valence-electron chi connectivity index (χ4n) is 1.30. The van der Waals surface area contributed by atoms with E-state index in [9.17, 15) is 4.79 Å². The standard InChI is InChI=1S/C11H13Cl2NO/c1-11(2,10(15)6-14)7-3-4-8(12)9(13)5-7/h3-5H,6,14H2,1-2H3. The van der Waals surface area contributed by atoms with Crippen LogP contribution in [0.3, 0.4) is 0 Å². The van der Waals surface area contributed by atoms with Gasteiger partial charge < -0.3 is 5.73 Å². The van der Waals surface area contributed by atoms with Crippen molar-refractivity contribution >= 4 is 29.0 Å². The van der Waals surface area contributed by atoms with E-state index in [-0.39, 0.29) is 12.3 Å². The Morgan fingerprint density at radius 1 is 1.33 bits per heavy atom. The minimum absolute atomic E-state index is 0.0211. The predicted molar refractivity (Wildman–Crippen MR) is 63.5 cm³/mol. The van der Waals surface area contributed by atoms with Crippen LogP contribution in [0, 0.1) is 0 Å². The summed E-state index contributed by atoms with van der Waals surface area (Å²) in [6.45, 7) is 3.66. The van der Waals surface area contributed by atoms with Crippen LogP contribution in [0.4, 0.5) is 0 Å². The number of hydrogen-bond donors (Lipinski definition) is 1. The second-order valence-electron chi connectivity index (χ2n) is 3.88. The van der Waals surface area contributed by atoms with Crippen LogP contribution in [0.15, 0.2) is 18.2 Å². The van der Waals surface area contributed by atoms with Gasteiger partial charge in [0.1, 0.15) is 0 Å². The molecule has 0 aromatic heterocycles. The molecule has 0 fully saturated rings. The Labute approximate surface area is 99.4 Å². The highest BCUT2D eigenvalue weighted by atomic mass is 35.5. The molecular formula is C11H13Cl2NO. The minimum Gasteiger partial charge on any atom is -0.324 e. The zero-order chi connectivity index (χ0) is 11.6. The largest absolute Gasteiger partial charge is 0.324 e. The molecule has 0 heterocycles. The second-order valence-corrected chi connectivity index (χ2v) is 4.70. The van der Waals surface area contributed by atoms with Crippen LogP contribution >= 0.6 is 23.2 Å². The average Bonchev–Trinajstić information content (AvgIpc) is 2.20. The molecule has 2 N–H and O–H groups in total. The van der Waals surface area contributed by atoms with Gasteiger partial charge in [0.05, 0.1) is 16.6 Å². The van der Waals surface area contributed by atoms with E-state index in [0.717, 1.165) is 5.56 Å². The molecule has 0 aliphatic carbocycles. The number of halogens is 2. The van der Waals surface area contributed by atoms with Crippen LogP contribution in [0.25, 0.3) is 0 Å². The molecule has 0 unspecified atom stereocenters. The fourth-order valence-corrected chi connectivity index (χ4v) is 1.60. The minimum atomic E-state index is -0.622. The number of Topliss-reactive ketones (excluding diaryl/α,β-unsaturated/α-hetero) is 1. The van der Waals surface area contributed by atoms with E-state index in [1.165, 1.54) is 0 Å². The Hall–Kier alpha value is -0.570. The maximum atomic E-state index is 11.6. The van der Waals surface area contributed by atoms with Crippen LogP contribution in [0.2, 0.25) is 10.0 Å². The third-order valence-electron chi connectivity index (χ3n) is 2.52. The van der Waals surface area contributed by atoms with E-state index < -0.39 is 5.41 Å². The van der Waals surface area contributed by atoms with Gasteiger partial charge in [0.25, 0.3) is 0 Å². The zero-order valence-corrected chi connectivity index (χ0v) is 10.2. The van der Waals surface area contributed by atoms with Gasteiger partial charge in [-0.15, -0.1) is 0 Å². The van der Waals surface area contributed by atoms with Gasteiger partial charge in [0.15, 0.2) is 5.78 Å². The lowest BCUT2D eigenvalue weighted by atomic mass is 9.80. The molecule has 15 heavy (non-hydrogen) atoms. The normalized spacial score (nSPS) is 11.5. The van der Waals surface area contributed by atoms with Crippen LogP contribution in [-0.4, -0.2) is 12.3 Å². The Morgan fingerprint density at radius 2 is 1.93 bits per heavy atom. The number of carbonyl (C=O) groups excluding carboxylic acids is 1. The van der Waals surface area contributed by atoms with E-state index >= 15 is 0 Å². The first kappa shape index (κ1) is 12.5. The summed E-state index contributed by atoms with van der Waals surface area (Å²) in [4.78, 5) is 11.6. The Balaban J connectivity index is 3.16. The van der Waals surface area contributed by atoms with E-state index in [1.54, 1.807) is 18.2 Å². The lowest BCUT2D eigenvalue weighted by Crippen LogP contribution is -2.34. The van der Waals surface area contributed by atoms with Crippen LogP contribution in [0.5, 0.6) is 0 Å². The quantitative estimate of drug-likeness (QED) is 0.891. The van der Waals surface area contributed by atoms with Crippen LogP contribution in [-0.2, 0) is 10.2 Å². The lowest BCUT2D eigenvalue weighted by molar-refractivity contribution is -0.122. The Kier molecular flexibility index (Phi) is 3.77. The first-order valence-corrected chi connectivity index (χ1v) is 5.34. The predicted octanol–water partition coefficient (Wildman–Crippen LogP) is 2.80. The van der Waals surface area contributed by atoms with Crippen LogP contribution < -0.4 is 5.73 Å². The Morgan fingerprint density at radius 3 is 2.40 bits per heavy atom. The van der Waals surface area contributed by atoms with Crippen molar-refractivity contribution in [2.75, 3.05) is 6.54 Å². The lowest BCUT2D eigenvalue weighted by Gasteiger charge is -2.23. The van der Waals surface area contributed by atoms with Crippen molar-refractivity contribution in [2.45, 2.75) is 19.3 Å². The maximum absolute atomic E-state index is 11.6. The summed E-state index contributed by atoms with van der Waals surface area (Å²) in [7, 11) is 0. The number of carbonyl (C=O) groups is 1. The second kappa shape index (κ2) is 4.52. The van der Waals surface area contributed by atoms with E-state index in [0.29, 0.717) is 10.0 Å². The van der Waals surface area contributed by atoms with Gasteiger partial charge in [-0.05, 0) is 31.5 Å². The summed E-state index contributed by atoms with van der Waals surface area (Å²) in [5, 5.41) is 0.934. The van der Waals surface area contributed by atoms with E-state index in [4.69, 9.17) is 28.9 Å². The summed E-state index contributed by atoms with van der Waals surface area (Å²) >= 11 is 11.7. The molecule has 0 amide bonds. The fraction of sp³-hybridized carbons (Fsp3) is 0.364. The molecule has 1 aromatic carbocycles. The summed E-state index contributed by atoms with van der Waals surface area (Å²) in [5.74, 6) is -0.0270. The van der Waals surface area contributed by atoms with Gasteiger partial charge in [0.2, 0.25) is 0 Å². The van der Waals surface area contributed by atoms with Crippen molar-refractivity contribution in [3.05, 3.63) is 33.8 Å². The van der Waals surface area contributed by atoms with Crippen LogP contribution in [0.1, 0.15) is 19.4 Å². The summed E-state index contributed by atoms with van der Waals surface area (Å²) in [6, 6.07) is 5.18. The summed E-state index contributed by atoms with van der Waals surface area (Å²) < 4.78 is 0. The molecule has 0 radical (unpaired) electrons. The number of benzene rings is 1. The molecule has 1 aromatic rings. The van der Waals surface area contributed by atoms with Crippen molar-refractivity contribution in [2.24, 2.45) is 5.73 Å². The maximum Gasteiger partial charge on any atom is 0.156 e. The highest BCUT2D eigenvalue weighted by Gasteiger charge is 2.28. The Bertz CT molecular complexity index is 388. The van der Waals surface area contributed by atoms with Crippen molar-refractivity contribution < 1.29 is 4.79 Å². The average molecular weight is 246 g/mol. The van der Waals surface area contributed by atoms with Gasteiger partial charge in [-0.25, -0.2) is 0 Å². The number of hydrogen-bond acceptors (Lipinski definition) is 2. The first-order chi connectivity index (χ1) is 6.89. The van der Waals surface area contributed by atoms with Gasteiger partial charge in [-0.1, -0.05) is 29.3 Å². The highest BCUT2D eigenvalue weighted by molar-refractivity contribution is 6.42. The topological polar surface area (TPSA) is 43.1 Å². The monoisotopic (exact) mass is 245 g/mol. The highest BCUT2D eigenvalue weighted by Crippen LogP contribution is 2.30. The molecule has 0 aliphatic heterocycles. The third kappa shape index (κ3) is 2.51. The van der Waals surface area contributed by atoms with Gasteiger partial charge in [-0.2, -0.15) is 0 Å². The zero-order valence-electron chi connectivity index (χ0n) is 8.68. The molecule has 0 aliphatic rings. The van der Waals surface area contributed by atoms with Gasteiger partial charge in [0, 0.05) is 5.41 Å². The summed E-state index contributed by atoms with van der Waals surface area (Å²) in [5.41, 5.74) is 5.56. The van der Waals surface area contributed by atoms with Gasteiger partial charge >= 0.3 is 0 Å². The molecule has 0 bridgehead atoms. The van der Waals surface area contributed by atoms with Crippen molar-refractivity contribution in [1.82, 2.24) is 0 Å². The van der Waals surface area contributed by atoms with Crippen molar-refractivity contribution in [3.8, 4) is 0 Å². The number of nitrogens with two attached hydrogens (primary N) is 1. The molecular weight excluding hydrogens is 233 g/mol. The van der Waals surface area contributed by atoms with Crippen molar-refractivity contribution in [3.63, 3.8) is 0 Å². The number of rotatable bonds is 3. The molecule has 0 saturated heterocycles. The molecule has 0 saturated carbocycles. The van der Waals surface area contributed by atoms with Gasteiger partial charge in [-0.3, -0.25) is 4.79 Å². The third-order valence-corrected chi connectivity index (χ3v) is 3.26. The molecule has 1 rings (SSSR count). The SMILES string of the molecule is CC(C)(C(=O)CN)c1ccc(Cl)c(Cl)c1. The molecule has 2 nitrogen and oxygen atoms in total. The smallest absolute Gasteiger partial charge is 0.156 e.